The Morgan fingerprint density at radius 1 is 0.328 bits per heavy atom. The third-order valence-corrected chi connectivity index (χ3v) is 13.0. The molecule has 11 aromatic rings. The molecule has 298 valence electrons. The van der Waals surface area contributed by atoms with Crippen LogP contribution in [0.15, 0.2) is 219 Å². The maximum atomic E-state index is 7.12. The van der Waals surface area contributed by atoms with Crippen LogP contribution in [0.25, 0.3) is 89.1 Å². The topological polar surface area (TPSA) is 60.8 Å². The van der Waals surface area contributed by atoms with E-state index in [4.69, 9.17) is 14.7 Å². The van der Waals surface area contributed by atoms with E-state index >= 15 is 0 Å². The number of para-hydroxylation sites is 1. The maximum absolute atomic E-state index is 7.12. The van der Waals surface area contributed by atoms with E-state index in [-0.39, 0.29) is 0 Å². The number of pyridine rings is 4. The zero-order valence-corrected chi connectivity index (χ0v) is 34.5. The molecule has 0 atom stereocenters. The van der Waals surface area contributed by atoms with E-state index in [0.29, 0.717) is 0 Å². The van der Waals surface area contributed by atoms with Crippen LogP contribution < -0.4 is 4.74 Å². The molecular weight excluding hydrogens is 781 g/mol. The first-order valence-corrected chi connectivity index (χ1v) is 21.6. The van der Waals surface area contributed by atoms with E-state index in [9.17, 15) is 0 Å². The van der Waals surface area contributed by atoms with Gasteiger partial charge in [-0.2, -0.15) is 0 Å². The van der Waals surface area contributed by atoms with Gasteiger partial charge in [0.15, 0.2) is 0 Å². The molecule has 1 spiro atoms. The van der Waals surface area contributed by atoms with Gasteiger partial charge in [0.2, 0.25) is 0 Å². The molecule has 0 fully saturated rings. The standard InChI is InChI=1S/C59H36N4O/c1-2-14-39(15-3-1)58-46-36-57-50(35-45(46)44-18-6-9-21-51(44)63-58)59(47-19-7-4-16-42(47)43-17-5-8-20-48(43)59)49-32-40(28-29-56(49)64-57)37-24-26-38(27-25-37)41-33-54(52-22-10-12-30-60-52)62-55(34-41)53-23-11-13-31-61-53/h1-36H. The number of fused-ring (bicyclic) bond motifs is 12. The molecule has 5 heteroatoms. The van der Waals surface area contributed by atoms with Gasteiger partial charge in [0.1, 0.15) is 11.5 Å². The van der Waals surface area contributed by atoms with Crippen LogP contribution in [0.2, 0.25) is 0 Å². The Kier molecular flexibility index (Phi) is 8.06. The summed E-state index contributed by atoms with van der Waals surface area (Å²) in [6, 6.07) is 73.0. The monoisotopic (exact) mass is 816 g/mol. The minimum absolute atomic E-state index is 0.654. The predicted molar refractivity (Wildman–Crippen MR) is 257 cm³/mol. The average Bonchev–Trinajstić information content (AvgIpc) is 3.67. The Hall–Kier alpha value is -8.54. The molecule has 13 rings (SSSR count). The molecule has 0 bridgehead atoms. The molecule has 0 unspecified atom stereocenters. The van der Waals surface area contributed by atoms with Crippen LogP contribution in [0, 0.1) is 0 Å². The van der Waals surface area contributed by atoms with Crippen molar-refractivity contribution >= 4 is 21.7 Å². The van der Waals surface area contributed by atoms with Crippen LogP contribution in [-0.2, 0) is 5.41 Å². The Bertz CT molecular complexity index is 3520. The summed E-state index contributed by atoms with van der Waals surface area (Å²) in [5.41, 5.74) is 17.1. The number of rotatable bonds is 5. The van der Waals surface area contributed by atoms with Crippen LogP contribution in [0.1, 0.15) is 22.3 Å². The number of benzene rings is 7. The van der Waals surface area contributed by atoms with Crippen molar-refractivity contribution in [3.05, 3.63) is 241 Å². The quantitative estimate of drug-likeness (QED) is 0.162. The van der Waals surface area contributed by atoms with Gasteiger partial charge in [-0.05, 0) is 117 Å². The van der Waals surface area contributed by atoms with Gasteiger partial charge in [-0.1, -0.05) is 140 Å². The smallest absolute Gasteiger partial charge is 0.132 e. The van der Waals surface area contributed by atoms with Crippen LogP contribution >= 0.6 is 0 Å². The number of hydrogen-bond donors (Lipinski definition) is 0. The first-order valence-electron chi connectivity index (χ1n) is 21.6. The fourth-order valence-electron chi connectivity index (χ4n) is 10.2. The normalized spacial score (nSPS) is 12.9. The minimum atomic E-state index is -0.654. The van der Waals surface area contributed by atoms with Crippen molar-refractivity contribution in [1.29, 1.82) is 0 Å². The zero-order chi connectivity index (χ0) is 42.2. The predicted octanol–water partition coefficient (Wildman–Crippen LogP) is 14.4. The summed E-state index contributed by atoms with van der Waals surface area (Å²) in [5, 5.41) is 3.33. The number of aromatic nitrogens is 4. The van der Waals surface area contributed by atoms with Crippen molar-refractivity contribution in [2.24, 2.45) is 0 Å². The highest BCUT2D eigenvalue weighted by Crippen LogP contribution is 2.63. The van der Waals surface area contributed by atoms with Crippen molar-refractivity contribution in [3.8, 4) is 78.9 Å². The summed E-state index contributed by atoms with van der Waals surface area (Å²) in [7, 11) is 0. The van der Waals surface area contributed by atoms with E-state index in [1.165, 1.54) is 22.3 Å². The van der Waals surface area contributed by atoms with Crippen molar-refractivity contribution in [2.75, 3.05) is 0 Å². The first-order chi connectivity index (χ1) is 31.7. The van der Waals surface area contributed by atoms with E-state index in [1.54, 1.807) is 12.4 Å². The first kappa shape index (κ1) is 36.1. The fraction of sp³-hybridized carbons (Fsp3) is 0.0169. The van der Waals surface area contributed by atoms with Crippen molar-refractivity contribution in [1.82, 2.24) is 19.9 Å². The van der Waals surface area contributed by atoms with Crippen LogP contribution in [0.3, 0.4) is 0 Å². The van der Waals surface area contributed by atoms with E-state index in [1.807, 2.05) is 36.4 Å². The van der Waals surface area contributed by atoms with Gasteiger partial charge in [-0.3, -0.25) is 9.97 Å². The molecule has 5 nitrogen and oxygen atoms in total. The highest BCUT2D eigenvalue weighted by Gasteiger charge is 2.51. The average molecular weight is 817 g/mol. The summed E-state index contributed by atoms with van der Waals surface area (Å²) in [6.45, 7) is 0. The number of ether oxygens (including phenoxy) is 1. The molecule has 4 aromatic heterocycles. The summed E-state index contributed by atoms with van der Waals surface area (Å²) < 4.78 is 7.12. The zero-order valence-electron chi connectivity index (χ0n) is 34.5. The third kappa shape index (κ3) is 5.51. The van der Waals surface area contributed by atoms with Crippen LogP contribution in [-0.4, -0.2) is 19.9 Å². The van der Waals surface area contributed by atoms with Gasteiger partial charge in [0, 0.05) is 39.9 Å². The lowest BCUT2D eigenvalue weighted by Gasteiger charge is -2.40. The van der Waals surface area contributed by atoms with Crippen LogP contribution in [0.5, 0.6) is 11.5 Å². The molecular formula is C59H36N4O. The fourth-order valence-corrected chi connectivity index (χ4v) is 10.2. The summed E-state index contributed by atoms with van der Waals surface area (Å²) in [5.74, 6) is 1.68. The van der Waals surface area contributed by atoms with Gasteiger partial charge < -0.3 is 4.74 Å². The maximum Gasteiger partial charge on any atom is 0.132 e. The Morgan fingerprint density at radius 3 is 1.58 bits per heavy atom. The molecule has 0 saturated carbocycles. The highest BCUT2D eigenvalue weighted by molar-refractivity contribution is 6.12. The van der Waals surface area contributed by atoms with E-state index in [0.717, 1.165) is 101 Å². The molecule has 0 radical (unpaired) electrons. The Morgan fingerprint density at radius 2 is 0.906 bits per heavy atom. The molecule has 5 heterocycles. The summed E-state index contributed by atoms with van der Waals surface area (Å²) in [6.07, 6.45) is 3.61. The van der Waals surface area contributed by atoms with Gasteiger partial charge >= 0.3 is 0 Å². The molecule has 0 saturated heterocycles. The van der Waals surface area contributed by atoms with E-state index in [2.05, 4.69) is 180 Å². The minimum Gasteiger partial charge on any atom is -0.457 e. The summed E-state index contributed by atoms with van der Waals surface area (Å²) in [4.78, 5) is 19.5. The second-order valence-corrected chi connectivity index (χ2v) is 16.5. The number of nitrogens with zero attached hydrogens (tertiary/aromatic N) is 4. The lowest BCUT2D eigenvalue weighted by molar-refractivity contribution is 0.437. The van der Waals surface area contributed by atoms with Crippen molar-refractivity contribution in [2.45, 2.75) is 5.41 Å². The van der Waals surface area contributed by atoms with Crippen LogP contribution in [0.4, 0.5) is 0 Å². The van der Waals surface area contributed by atoms with Crippen molar-refractivity contribution in [3.63, 3.8) is 0 Å². The van der Waals surface area contributed by atoms with Gasteiger partial charge in [0.25, 0.3) is 0 Å². The SMILES string of the molecule is c1ccc(-c2nc3ccccc3c3cc4c(cc23)Oc2ccc(-c3ccc(-c5cc(-c6ccccn6)nc(-c6ccccn6)c5)cc3)cc2C42c3ccccc3-c3ccccc32)cc1. The molecule has 0 N–H and O–H groups in total. The molecule has 0 amide bonds. The second-order valence-electron chi connectivity index (χ2n) is 16.5. The van der Waals surface area contributed by atoms with Gasteiger partial charge in [-0.25, -0.2) is 9.97 Å². The molecule has 64 heavy (non-hydrogen) atoms. The molecule has 7 aromatic carbocycles. The summed E-state index contributed by atoms with van der Waals surface area (Å²) >= 11 is 0. The third-order valence-electron chi connectivity index (χ3n) is 13.0. The van der Waals surface area contributed by atoms with Gasteiger partial charge in [0.05, 0.1) is 39.4 Å². The van der Waals surface area contributed by atoms with E-state index < -0.39 is 5.41 Å². The van der Waals surface area contributed by atoms with Crippen molar-refractivity contribution < 1.29 is 4.74 Å². The Labute approximate surface area is 370 Å². The number of hydrogen-bond acceptors (Lipinski definition) is 5. The molecule has 2 aliphatic rings. The Balaban J connectivity index is 1.00. The lowest BCUT2D eigenvalue weighted by atomic mass is 9.65. The molecule has 1 aliphatic heterocycles. The lowest BCUT2D eigenvalue weighted by Crippen LogP contribution is -2.32. The van der Waals surface area contributed by atoms with Gasteiger partial charge in [-0.15, -0.1) is 0 Å². The largest absolute Gasteiger partial charge is 0.457 e. The second kappa shape index (κ2) is 14.3. The highest BCUT2D eigenvalue weighted by atomic mass is 16.5. The molecule has 1 aliphatic carbocycles.